The number of halogens is 2. The van der Waals surface area contributed by atoms with Crippen LogP contribution in [0.25, 0.3) is 11.5 Å². The van der Waals surface area contributed by atoms with Gasteiger partial charge in [-0.25, -0.2) is 4.39 Å². The highest BCUT2D eigenvalue weighted by Crippen LogP contribution is 2.20. The van der Waals surface area contributed by atoms with Crippen LogP contribution in [0.5, 0.6) is 0 Å². The second-order valence-electron chi connectivity index (χ2n) is 4.74. The molecule has 0 unspecified atom stereocenters. The van der Waals surface area contributed by atoms with Crippen molar-refractivity contribution in [2.24, 2.45) is 0 Å². The van der Waals surface area contributed by atoms with E-state index < -0.39 is 0 Å². The van der Waals surface area contributed by atoms with Crippen LogP contribution in [0.4, 0.5) is 4.39 Å². The normalized spacial score (nSPS) is 10.8. The van der Waals surface area contributed by atoms with Crippen molar-refractivity contribution in [1.82, 2.24) is 15.5 Å². The first-order valence-electron chi connectivity index (χ1n) is 6.74. The number of hydrogen-bond acceptors (Lipinski definition) is 4. The number of benzene rings is 2. The summed E-state index contributed by atoms with van der Waals surface area (Å²) in [6, 6.07) is 13.5. The van der Waals surface area contributed by atoms with Gasteiger partial charge in [-0.05, 0) is 42.0 Å². The topological polar surface area (TPSA) is 51.0 Å². The van der Waals surface area contributed by atoms with Gasteiger partial charge in [-0.1, -0.05) is 23.7 Å². The van der Waals surface area contributed by atoms with Crippen molar-refractivity contribution >= 4 is 11.6 Å². The van der Waals surface area contributed by atoms with Crippen LogP contribution < -0.4 is 5.32 Å². The van der Waals surface area contributed by atoms with E-state index in [2.05, 4.69) is 15.5 Å². The van der Waals surface area contributed by atoms with Crippen LogP contribution in [0.15, 0.2) is 52.9 Å². The maximum absolute atomic E-state index is 12.8. The molecule has 0 aliphatic rings. The largest absolute Gasteiger partial charge is 0.419 e. The van der Waals surface area contributed by atoms with E-state index in [1.807, 2.05) is 12.1 Å². The zero-order valence-corrected chi connectivity index (χ0v) is 12.3. The monoisotopic (exact) mass is 317 g/mol. The number of rotatable bonds is 5. The van der Waals surface area contributed by atoms with Crippen LogP contribution in [-0.2, 0) is 13.1 Å². The molecule has 3 rings (SSSR count). The van der Waals surface area contributed by atoms with Crippen LogP contribution in [0.2, 0.25) is 5.02 Å². The Labute approximate surface area is 131 Å². The first-order valence-corrected chi connectivity index (χ1v) is 7.12. The highest BCUT2D eigenvalue weighted by Gasteiger charge is 2.08. The van der Waals surface area contributed by atoms with Crippen molar-refractivity contribution in [1.29, 1.82) is 0 Å². The summed E-state index contributed by atoms with van der Waals surface area (Å²) in [6.45, 7) is 1.04. The molecule has 0 amide bonds. The number of aromatic nitrogens is 2. The van der Waals surface area contributed by atoms with Crippen LogP contribution in [-0.4, -0.2) is 10.2 Å². The molecule has 2 aromatic carbocycles. The molecule has 0 radical (unpaired) electrons. The minimum Gasteiger partial charge on any atom is -0.419 e. The van der Waals surface area contributed by atoms with Gasteiger partial charge in [0.2, 0.25) is 11.8 Å². The Morgan fingerprint density at radius 2 is 1.68 bits per heavy atom. The highest BCUT2D eigenvalue weighted by atomic mass is 35.5. The average molecular weight is 318 g/mol. The third-order valence-corrected chi connectivity index (χ3v) is 3.33. The number of nitrogens with one attached hydrogen (secondary N) is 1. The van der Waals surface area contributed by atoms with Crippen molar-refractivity contribution in [2.75, 3.05) is 0 Å². The van der Waals surface area contributed by atoms with Crippen LogP contribution >= 0.6 is 11.6 Å². The fourth-order valence-electron chi connectivity index (χ4n) is 1.95. The first-order chi connectivity index (χ1) is 10.7. The minimum absolute atomic E-state index is 0.242. The second-order valence-corrected chi connectivity index (χ2v) is 5.17. The van der Waals surface area contributed by atoms with Crippen molar-refractivity contribution < 1.29 is 8.81 Å². The molecule has 0 atom stereocenters. The van der Waals surface area contributed by atoms with E-state index in [9.17, 15) is 4.39 Å². The Kier molecular flexibility index (Phi) is 4.46. The molecule has 1 N–H and O–H groups in total. The fraction of sp³-hybridized carbons (Fsp3) is 0.125. The predicted molar refractivity (Wildman–Crippen MR) is 81.7 cm³/mol. The molecule has 0 bridgehead atoms. The summed E-state index contributed by atoms with van der Waals surface area (Å²) < 4.78 is 18.4. The van der Waals surface area contributed by atoms with Gasteiger partial charge in [0, 0.05) is 17.1 Å². The molecule has 22 heavy (non-hydrogen) atoms. The van der Waals surface area contributed by atoms with E-state index in [1.54, 1.807) is 24.3 Å². The van der Waals surface area contributed by atoms with Crippen LogP contribution in [0.3, 0.4) is 0 Å². The lowest BCUT2D eigenvalue weighted by atomic mass is 10.2. The van der Waals surface area contributed by atoms with Gasteiger partial charge in [0.05, 0.1) is 6.54 Å². The molecular weight excluding hydrogens is 305 g/mol. The Morgan fingerprint density at radius 3 is 2.41 bits per heavy atom. The minimum atomic E-state index is -0.242. The van der Waals surface area contributed by atoms with Gasteiger partial charge in [-0.3, -0.25) is 0 Å². The first kappa shape index (κ1) is 14.7. The molecule has 112 valence electrons. The summed E-state index contributed by atoms with van der Waals surface area (Å²) in [4.78, 5) is 0. The summed E-state index contributed by atoms with van der Waals surface area (Å²) in [5, 5.41) is 11.8. The lowest BCUT2D eigenvalue weighted by Gasteiger charge is -2.01. The summed E-state index contributed by atoms with van der Waals surface area (Å²) in [5.74, 6) is 0.704. The quantitative estimate of drug-likeness (QED) is 0.777. The van der Waals surface area contributed by atoms with Crippen molar-refractivity contribution in [3.05, 3.63) is 70.8 Å². The Hall–Kier alpha value is -2.24. The predicted octanol–water partition coefficient (Wildman–Crippen LogP) is 3.82. The lowest BCUT2D eigenvalue weighted by molar-refractivity contribution is 0.477. The summed E-state index contributed by atoms with van der Waals surface area (Å²) in [7, 11) is 0. The molecule has 0 saturated carbocycles. The van der Waals surface area contributed by atoms with Gasteiger partial charge in [0.1, 0.15) is 5.82 Å². The van der Waals surface area contributed by atoms with Gasteiger partial charge in [-0.15, -0.1) is 10.2 Å². The van der Waals surface area contributed by atoms with Crippen molar-refractivity contribution in [2.45, 2.75) is 13.1 Å². The molecule has 0 spiro atoms. The fourth-order valence-corrected chi connectivity index (χ4v) is 2.08. The Bertz CT molecular complexity index is 741. The Morgan fingerprint density at radius 1 is 0.955 bits per heavy atom. The SMILES string of the molecule is Fc1ccc(CNCc2nnc(-c3ccc(Cl)cc3)o2)cc1. The van der Waals surface area contributed by atoms with E-state index in [0.29, 0.717) is 29.9 Å². The standard InChI is InChI=1S/C16H13ClFN3O/c17-13-5-3-12(4-6-13)16-21-20-15(22-16)10-19-9-11-1-7-14(18)8-2-11/h1-8,19H,9-10H2. The van der Waals surface area contributed by atoms with E-state index in [4.69, 9.17) is 16.0 Å². The van der Waals surface area contributed by atoms with Gasteiger partial charge < -0.3 is 9.73 Å². The second kappa shape index (κ2) is 6.68. The zero-order chi connectivity index (χ0) is 15.4. The van der Waals surface area contributed by atoms with Gasteiger partial charge >= 0.3 is 0 Å². The maximum atomic E-state index is 12.8. The molecule has 3 aromatic rings. The Balaban J connectivity index is 1.57. The van der Waals surface area contributed by atoms with E-state index in [-0.39, 0.29) is 5.82 Å². The lowest BCUT2D eigenvalue weighted by Crippen LogP contribution is -2.12. The van der Waals surface area contributed by atoms with E-state index >= 15 is 0 Å². The third kappa shape index (κ3) is 3.69. The molecule has 0 aliphatic carbocycles. The average Bonchev–Trinajstić information content (AvgIpc) is 2.99. The number of hydrogen-bond donors (Lipinski definition) is 1. The zero-order valence-electron chi connectivity index (χ0n) is 11.6. The summed E-state index contributed by atoms with van der Waals surface area (Å²) in [6.07, 6.45) is 0. The van der Waals surface area contributed by atoms with Gasteiger partial charge in [0.15, 0.2) is 0 Å². The molecule has 6 heteroatoms. The summed E-state index contributed by atoms with van der Waals surface area (Å²) in [5.41, 5.74) is 1.81. The van der Waals surface area contributed by atoms with Crippen LogP contribution in [0.1, 0.15) is 11.5 Å². The van der Waals surface area contributed by atoms with E-state index in [1.165, 1.54) is 12.1 Å². The molecule has 1 heterocycles. The van der Waals surface area contributed by atoms with Gasteiger partial charge in [0.25, 0.3) is 0 Å². The van der Waals surface area contributed by atoms with E-state index in [0.717, 1.165) is 11.1 Å². The number of nitrogens with zero attached hydrogens (tertiary/aromatic N) is 2. The molecule has 1 aromatic heterocycles. The van der Waals surface area contributed by atoms with Crippen LogP contribution in [0, 0.1) is 5.82 Å². The van der Waals surface area contributed by atoms with Crippen molar-refractivity contribution in [3.8, 4) is 11.5 Å². The third-order valence-electron chi connectivity index (χ3n) is 3.08. The molecule has 0 saturated heterocycles. The summed E-state index contributed by atoms with van der Waals surface area (Å²) >= 11 is 5.84. The molecular formula is C16H13ClFN3O. The smallest absolute Gasteiger partial charge is 0.247 e. The molecule has 4 nitrogen and oxygen atoms in total. The molecule has 0 aliphatic heterocycles. The van der Waals surface area contributed by atoms with Gasteiger partial charge in [-0.2, -0.15) is 0 Å². The highest BCUT2D eigenvalue weighted by molar-refractivity contribution is 6.30. The molecule has 0 fully saturated rings. The van der Waals surface area contributed by atoms with Crippen molar-refractivity contribution in [3.63, 3.8) is 0 Å². The maximum Gasteiger partial charge on any atom is 0.247 e.